The fourth-order valence-corrected chi connectivity index (χ4v) is 2.98. The zero-order valence-corrected chi connectivity index (χ0v) is 11.9. The molecular weight excluding hydrogens is 244 g/mol. The molecule has 0 spiro atoms. The van der Waals surface area contributed by atoms with Crippen LogP contribution in [0.15, 0.2) is 0 Å². The van der Waals surface area contributed by atoms with Gasteiger partial charge in [0.15, 0.2) is 0 Å². The maximum absolute atomic E-state index is 12.3. The van der Waals surface area contributed by atoms with Crippen LogP contribution in [0, 0.1) is 5.41 Å². The molecular formula is C14H24N2O3. The third-order valence-corrected chi connectivity index (χ3v) is 4.74. The highest BCUT2D eigenvalue weighted by Gasteiger charge is 2.39. The zero-order chi connectivity index (χ0) is 14.0. The quantitative estimate of drug-likeness (QED) is 0.835. The van der Waals surface area contributed by atoms with Crippen LogP contribution in [-0.2, 0) is 9.59 Å². The molecule has 5 nitrogen and oxygen atoms in total. The van der Waals surface area contributed by atoms with Gasteiger partial charge in [-0.1, -0.05) is 0 Å². The van der Waals surface area contributed by atoms with E-state index in [9.17, 15) is 14.7 Å². The third-order valence-electron chi connectivity index (χ3n) is 4.74. The Morgan fingerprint density at radius 3 is 2.11 bits per heavy atom. The van der Waals surface area contributed by atoms with Gasteiger partial charge in [-0.2, -0.15) is 0 Å². The van der Waals surface area contributed by atoms with Crippen LogP contribution in [0.25, 0.3) is 0 Å². The number of piperidine rings is 1. The van der Waals surface area contributed by atoms with E-state index in [1.165, 1.54) is 0 Å². The van der Waals surface area contributed by atoms with Crippen molar-refractivity contribution < 1.29 is 14.7 Å². The molecule has 1 unspecified atom stereocenters. The number of likely N-dealkylation sites (tertiary alicyclic amines) is 2. The van der Waals surface area contributed by atoms with Gasteiger partial charge in [-0.15, -0.1) is 0 Å². The predicted octanol–water partition coefficient (Wildman–Crippen LogP) is 1.18. The Balaban J connectivity index is 1.90. The minimum absolute atomic E-state index is 0.114. The smallest absolute Gasteiger partial charge is 0.309 e. The van der Waals surface area contributed by atoms with Crippen LogP contribution in [0.5, 0.6) is 0 Å². The van der Waals surface area contributed by atoms with Crippen molar-refractivity contribution in [1.29, 1.82) is 0 Å². The average molecular weight is 268 g/mol. The van der Waals surface area contributed by atoms with E-state index in [0.717, 1.165) is 25.9 Å². The van der Waals surface area contributed by atoms with Crippen LogP contribution in [-0.4, -0.2) is 59.0 Å². The van der Waals surface area contributed by atoms with Gasteiger partial charge in [-0.05, 0) is 52.6 Å². The lowest BCUT2D eigenvalue weighted by molar-refractivity contribution is -0.151. The van der Waals surface area contributed by atoms with Gasteiger partial charge in [0.25, 0.3) is 0 Å². The maximum Gasteiger partial charge on any atom is 0.309 e. The summed E-state index contributed by atoms with van der Waals surface area (Å²) in [4.78, 5) is 27.6. The Kier molecular flexibility index (Phi) is 4.13. The molecule has 2 heterocycles. The number of amides is 1. The number of aliphatic carboxylic acids is 1. The molecule has 0 bridgehead atoms. The van der Waals surface area contributed by atoms with E-state index in [1.54, 1.807) is 6.92 Å². The predicted molar refractivity (Wildman–Crippen MR) is 71.8 cm³/mol. The number of carbonyl (C=O) groups excluding carboxylic acids is 1. The summed E-state index contributed by atoms with van der Waals surface area (Å²) < 4.78 is 0. The summed E-state index contributed by atoms with van der Waals surface area (Å²) in [5.41, 5.74) is -0.618. The molecule has 0 aromatic rings. The highest BCUT2D eigenvalue weighted by molar-refractivity contribution is 5.81. The van der Waals surface area contributed by atoms with E-state index < -0.39 is 11.4 Å². The van der Waals surface area contributed by atoms with Gasteiger partial charge in [0.1, 0.15) is 0 Å². The van der Waals surface area contributed by atoms with Crippen molar-refractivity contribution in [2.24, 2.45) is 5.41 Å². The van der Waals surface area contributed by atoms with Crippen molar-refractivity contribution in [2.45, 2.75) is 45.6 Å². The fraction of sp³-hybridized carbons (Fsp3) is 0.857. The molecule has 5 heteroatoms. The van der Waals surface area contributed by atoms with Crippen LogP contribution in [0.1, 0.15) is 39.5 Å². The Hall–Kier alpha value is -1.10. The normalized spacial score (nSPS) is 25.3. The molecule has 1 atom stereocenters. The number of nitrogens with zero attached hydrogens (tertiary/aromatic N) is 2. The molecule has 2 saturated heterocycles. The molecule has 0 aromatic heterocycles. The maximum atomic E-state index is 12.3. The molecule has 0 saturated carbocycles. The molecule has 2 fully saturated rings. The van der Waals surface area contributed by atoms with Crippen LogP contribution in [0.2, 0.25) is 0 Å². The summed E-state index contributed by atoms with van der Waals surface area (Å²) in [6.45, 7) is 6.91. The van der Waals surface area contributed by atoms with Crippen molar-refractivity contribution >= 4 is 11.9 Å². The molecule has 0 radical (unpaired) electrons. The topological polar surface area (TPSA) is 60.9 Å². The van der Waals surface area contributed by atoms with E-state index in [2.05, 4.69) is 4.90 Å². The van der Waals surface area contributed by atoms with Crippen molar-refractivity contribution in [3.63, 3.8) is 0 Å². The monoisotopic (exact) mass is 268 g/mol. The molecule has 0 aliphatic carbocycles. The SMILES string of the molecule is CC(C(=O)N1CCCC1)N1CCC(C)(C(=O)O)CC1. The molecule has 2 aliphatic heterocycles. The van der Waals surface area contributed by atoms with Crippen molar-refractivity contribution in [2.75, 3.05) is 26.2 Å². The first-order valence-corrected chi connectivity index (χ1v) is 7.20. The van der Waals surface area contributed by atoms with E-state index in [1.807, 2.05) is 11.8 Å². The summed E-state index contributed by atoms with van der Waals surface area (Å²) in [7, 11) is 0. The minimum atomic E-state index is -0.717. The van der Waals surface area contributed by atoms with E-state index in [4.69, 9.17) is 0 Å². The van der Waals surface area contributed by atoms with Gasteiger partial charge >= 0.3 is 5.97 Å². The molecule has 1 amide bonds. The Morgan fingerprint density at radius 2 is 1.63 bits per heavy atom. The molecule has 1 N–H and O–H groups in total. The minimum Gasteiger partial charge on any atom is -0.481 e. The number of carboxylic acids is 1. The number of rotatable bonds is 3. The second kappa shape index (κ2) is 5.49. The number of carboxylic acid groups (broad SMARTS) is 1. The Morgan fingerprint density at radius 1 is 1.11 bits per heavy atom. The van der Waals surface area contributed by atoms with E-state index in [0.29, 0.717) is 25.9 Å². The summed E-state index contributed by atoms with van der Waals surface area (Å²) in [5, 5.41) is 9.21. The van der Waals surface area contributed by atoms with Crippen LogP contribution >= 0.6 is 0 Å². The van der Waals surface area contributed by atoms with Gasteiger partial charge in [-0.25, -0.2) is 0 Å². The number of hydrogen-bond acceptors (Lipinski definition) is 3. The summed E-state index contributed by atoms with van der Waals surface area (Å²) in [6, 6.07) is -0.114. The van der Waals surface area contributed by atoms with Gasteiger partial charge in [0, 0.05) is 13.1 Å². The lowest BCUT2D eigenvalue weighted by Gasteiger charge is -2.39. The lowest BCUT2D eigenvalue weighted by Crippen LogP contribution is -2.51. The highest BCUT2D eigenvalue weighted by atomic mass is 16.4. The van der Waals surface area contributed by atoms with E-state index >= 15 is 0 Å². The number of carbonyl (C=O) groups is 2. The van der Waals surface area contributed by atoms with Crippen LogP contribution < -0.4 is 0 Å². The average Bonchev–Trinajstić information content (AvgIpc) is 2.91. The van der Waals surface area contributed by atoms with Gasteiger partial charge < -0.3 is 10.0 Å². The highest BCUT2D eigenvalue weighted by Crippen LogP contribution is 2.32. The zero-order valence-electron chi connectivity index (χ0n) is 11.9. The third kappa shape index (κ3) is 2.91. The molecule has 2 rings (SSSR count). The lowest BCUT2D eigenvalue weighted by atomic mass is 9.80. The van der Waals surface area contributed by atoms with Gasteiger partial charge in [0.05, 0.1) is 11.5 Å². The van der Waals surface area contributed by atoms with Crippen molar-refractivity contribution in [1.82, 2.24) is 9.80 Å². The Bertz CT molecular complexity index is 356. The fourth-order valence-electron chi connectivity index (χ4n) is 2.98. The molecule has 2 aliphatic rings. The standard InChI is InChI=1S/C14H24N2O3/c1-11(12(17)16-7-3-4-8-16)15-9-5-14(2,6-10-15)13(18)19/h11H,3-10H2,1-2H3,(H,18,19). The Labute approximate surface area is 114 Å². The van der Waals surface area contributed by atoms with Crippen molar-refractivity contribution in [3.8, 4) is 0 Å². The van der Waals surface area contributed by atoms with Crippen LogP contribution in [0.3, 0.4) is 0 Å². The summed E-state index contributed by atoms with van der Waals surface area (Å²) in [6.07, 6.45) is 3.46. The summed E-state index contributed by atoms with van der Waals surface area (Å²) in [5.74, 6) is -0.512. The first-order chi connectivity index (χ1) is 8.94. The molecule has 0 aromatic carbocycles. The molecule has 108 valence electrons. The second-order valence-electron chi connectivity index (χ2n) is 6.11. The van der Waals surface area contributed by atoms with Gasteiger partial charge in [-0.3, -0.25) is 14.5 Å². The molecule has 19 heavy (non-hydrogen) atoms. The van der Waals surface area contributed by atoms with E-state index in [-0.39, 0.29) is 11.9 Å². The second-order valence-corrected chi connectivity index (χ2v) is 6.11. The first kappa shape index (κ1) is 14.3. The van der Waals surface area contributed by atoms with Crippen molar-refractivity contribution in [3.05, 3.63) is 0 Å². The summed E-state index contributed by atoms with van der Waals surface area (Å²) >= 11 is 0. The largest absolute Gasteiger partial charge is 0.481 e. The van der Waals surface area contributed by atoms with Gasteiger partial charge in [0.2, 0.25) is 5.91 Å². The number of hydrogen-bond donors (Lipinski definition) is 1. The first-order valence-electron chi connectivity index (χ1n) is 7.20. The van der Waals surface area contributed by atoms with Crippen LogP contribution in [0.4, 0.5) is 0 Å².